The Hall–Kier alpha value is -2.10. The first-order chi connectivity index (χ1) is 23.8. The Balaban J connectivity index is 4.41. The van der Waals surface area contributed by atoms with Gasteiger partial charge >= 0.3 is 13.8 Å². The SMILES string of the molecule is CC/C=C\C/C=C\C/C=C\C/C=C\C/C=C\CCOCC(COP(=O)(O)OCC(O)CO)OC(=O)CCCCCCC/C=C\CCCCC. The van der Waals surface area contributed by atoms with Gasteiger partial charge in [-0.05, 0) is 70.6 Å². The minimum absolute atomic E-state index is 0.0122. The molecular formula is C39H67O9P. The van der Waals surface area contributed by atoms with Crippen LogP contribution in [0.3, 0.4) is 0 Å². The summed E-state index contributed by atoms with van der Waals surface area (Å²) >= 11 is 0. The third-order valence-corrected chi connectivity index (χ3v) is 8.10. The molecule has 0 fully saturated rings. The highest BCUT2D eigenvalue weighted by molar-refractivity contribution is 7.47. The molecule has 0 saturated carbocycles. The van der Waals surface area contributed by atoms with Crippen LogP contribution in [0.1, 0.15) is 123 Å². The van der Waals surface area contributed by atoms with Gasteiger partial charge in [-0.15, -0.1) is 0 Å². The van der Waals surface area contributed by atoms with Crippen molar-refractivity contribution in [2.75, 3.05) is 33.0 Å². The van der Waals surface area contributed by atoms with Crippen molar-refractivity contribution in [3.63, 3.8) is 0 Å². The molecule has 0 amide bonds. The zero-order chi connectivity index (χ0) is 36.1. The lowest BCUT2D eigenvalue weighted by Crippen LogP contribution is -2.29. The molecule has 3 atom stereocenters. The van der Waals surface area contributed by atoms with Crippen molar-refractivity contribution < 1.29 is 43.0 Å². The van der Waals surface area contributed by atoms with Crippen LogP contribution in [-0.2, 0) is 27.9 Å². The van der Waals surface area contributed by atoms with Gasteiger partial charge in [-0.1, -0.05) is 119 Å². The largest absolute Gasteiger partial charge is 0.472 e. The van der Waals surface area contributed by atoms with Crippen LogP contribution in [0, 0.1) is 0 Å². The minimum Gasteiger partial charge on any atom is -0.457 e. The van der Waals surface area contributed by atoms with E-state index < -0.39 is 45.8 Å². The second-order valence-electron chi connectivity index (χ2n) is 11.9. The predicted molar refractivity (Wildman–Crippen MR) is 200 cm³/mol. The van der Waals surface area contributed by atoms with Crippen LogP contribution in [0.5, 0.6) is 0 Å². The number of esters is 1. The molecule has 0 aromatic rings. The van der Waals surface area contributed by atoms with Gasteiger partial charge in [0, 0.05) is 6.42 Å². The molecule has 10 heteroatoms. The first-order valence-corrected chi connectivity index (χ1v) is 19.9. The molecule has 0 bridgehead atoms. The fourth-order valence-electron chi connectivity index (χ4n) is 4.35. The lowest BCUT2D eigenvalue weighted by atomic mass is 10.1. The van der Waals surface area contributed by atoms with E-state index in [0.29, 0.717) is 19.4 Å². The van der Waals surface area contributed by atoms with Gasteiger partial charge in [0.1, 0.15) is 12.2 Å². The van der Waals surface area contributed by atoms with Crippen LogP contribution in [0.15, 0.2) is 72.9 Å². The summed E-state index contributed by atoms with van der Waals surface area (Å²) in [7, 11) is -4.53. The number of phosphoric ester groups is 1. The number of phosphoric acid groups is 1. The molecule has 0 aromatic heterocycles. The van der Waals surface area contributed by atoms with E-state index in [1.54, 1.807) is 0 Å². The van der Waals surface area contributed by atoms with E-state index in [-0.39, 0.29) is 13.0 Å². The standard InChI is InChI=1S/C39H67O9P/c1-3-5-7-9-11-13-15-17-18-19-20-22-24-26-28-30-32-45-35-38(36-47-49(43,44)46-34-37(41)33-40)48-39(42)31-29-27-25-23-21-16-14-12-10-8-6-4-2/h5,7,11-14,17-18,20,22,26,28,37-38,40-41H,3-4,6,8-10,15-16,19,21,23-25,27,29-36H2,1-2H3,(H,43,44)/b7-5-,13-11-,14-12-,18-17-,22-20-,28-26-. The first kappa shape index (κ1) is 46.9. The van der Waals surface area contributed by atoms with Crippen molar-refractivity contribution in [1.82, 2.24) is 0 Å². The Kier molecular flexibility index (Phi) is 34.2. The quantitative estimate of drug-likeness (QED) is 0.0259. The highest BCUT2D eigenvalue weighted by Crippen LogP contribution is 2.43. The smallest absolute Gasteiger partial charge is 0.457 e. The van der Waals surface area contributed by atoms with E-state index in [4.69, 9.17) is 23.6 Å². The fraction of sp³-hybridized carbons (Fsp3) is 0.667. The lowest BCUT2D eigenvalue weighted by molar-refractivity contribution is -0.154. The summed E-state index contributed by atoms with van der Waals surface area (Å²) < 4.78 is 33.1. The molecule has 0 aliphatic carbocycles. The summed E-state index contributed by atoms with van der Waals surface area (Å²) in [5.74, 6) is -0.422. The van der Waals surface area contributed by atoms with Crippen LogP contribution >= 0.6 is 7.82 Å². The number of rotatable bonds is 34. The van der Waals surface area contributed by atoms with Gasteiger partial charge in [0.05, 0.1) is 33.0 Å². The minimum atomic E-state index is -4.53. The Morgan fingerprint density at radius 3 is 1.76 bits per heavy atom. The molecule has 0 aliphatic rings. The first-order valence-electron chi connectivity index (χ1n) is 18.4. The van der Waals surface area contributed by atoms with Crippen LogP contribution in [-0.4, -0.2) is 66.3 Å². The number of carbonyl (C=O) groups is 1. The number of aliphatic hydroxyl groups is 2. The number of unbranched alkanes of at least 4 members (excludes halogenated alkanes) is 8. The zero-order valence-corrected chi connectivity index (χ0v) is 31.3. The highest BCUT2D eigenvalue weighted by atomic mass is 31.2. The molecule has 0 saturated heterocycles. The van der Waals surface area contributed by atoms with Crippen LogP contribution in [0.4, 0.5) is 0 Å². The molecule has 3 N–H and O–H groups in total. The molecule has 0 aromatic carbocycles. The monoisotopic (exact) mass is 710 g/mol. The van der Waals surface area contributed by atoms with E-state index in [9.17, 15) is 19.4 Å². The maximum atomic E-state index is 12.5. The third kappa shape index (κ3) is 35.5. The van der Waals surface area contributed by atoms with Gasteiger partial charge in [0.25, 0.3) is 0 Å². The third-order valence-electron chi connectivity index (χ3n) is 7.15. The fourth-order valence-corrected chi connectivity index (χ4v) is 5.14. The number of ether oxygens (including phenoxy) is 2. The Labute approximate surface area is 297 Å². The summed E-state index contributed by atoms with van der Waals surface area (Å²) in [6.07, 6.45) is 40.3. The molecule has 0 rings (SSSR count). The van der Waals surface area contributed by atoms with Crippen LogP contribution in [0.25, 0.3) is 0 Å². The number of hydrogen-bond acceptors (Lipinski definition) is 8. The van der Waals surface area contributed by atoms with Crippen molar-refractivity contribution in [3.05, 3.63) is 72.9 Å². The maximum absolute atomic E-state index is 12.5. The Morgan fingerprint density at radius 2 is 1.16 bits per heavy atom. The van der Waals surface area contributed by atoms with E-state index in [0.717, 1.165) is 70.6 Å². The van der Waals surface area contributed by atoms with Crippen molar-refractivity contribution in [2.24, 2.45) is 0 Å². The van der Waals surface area contributed by atoms with E-state index in [1.807, 2.05) is 6.08 Å². The van der Waals surface area contributed by atoms with Gasteiger partial charge in [0.2, 0.25) is 0 Å². The molecule has 0 radical (unpaired) electrons. The van der Waals surface area contributed by atoms with E-state index in [2.05, 4.69) is 80.7 Å². The number of aliphatic hydroxyl groups excluding tert-OH is 2. The molecule has 0 heterocycles. The second kappa shape index (κ2) is 35.7. The Morgan fingerprint density at radius 1 is 0.653 bits per heavy atom. The summed E-state index contributed by atoms with van der Waals surface area (Å²) in [6.45, 7) is 3.10. The zero-order valence-electron chi connectivity index (χ0n) is 30.4. The lowest BCUT2D eigenvalue weighted by Gasteiger charge is -2.20. The number of carbonyl (C=O) groups excluding carboxylic acids is 1. The highest BCUT2D eigenvalue weighted by Gasteiger charge is 2.26. The summed E-state index contributed by atoms with van der Waals surface area (Å²) in [6, 6.07) is 0. The molecule has 9 nitrogen and oxygen atoms in total. The molecule has 3 unspecified atom stereocenters. The summed E-state index contributed by atoms with van der Waals surface area (Å²) in [4.78, 5) is 22.4. The van der Waals surface area contributed by atoms with Gasteiger partial charge in [0.15, 0.2) is 0 Å². The summed E-state index contributed by atoms with van der Waals surface area (Å²) in [5.41, 5.74) is 0. The molecule has 282 valence electrons. The Bertz CT molecular complexity index is 987. The molecule has 49 heavy (non-hydrogen) atoms. The predicted octanol–water partition coefficient (Wildman–Crippen LogP) is 9.41. The van der Waals surface area contributed by atoms with Gasteiger partial charge < -0.3 is 24.6 Å². The van der Waals surface area contributed by atoms with Gasteiger partial charge in [-0.3, -0.25) is 13.8 Å². The van der Waals surface area contributed by atoms with Crippen molar-refractivity contribution in [3.8, 4) is 0 Å². The molecule has 0 aliphatic heterocycles. The normalized spacial score (nSPS) is 15.1. The van der Waals surface area contributed by atoms with Crippen molar-refractivity contribution in [1.29, 1.82) is 0 Å². The van der Waals surface area contributed by atoms with E-state index in [1.165, 1.54) is 19.3 Å². The topological polar surface area (TPSA) is 132 Å². The van der Waals surface area contributed by atoms with Crippen molar-refractivity contribution >= 4 is 13.8 Å². The molecule has 0 spiro atoms. The number of hydrogen-bond donors (Lipinski definition) is 3. The second-order valence-corrected chi connectivity index (χ2v) is 13.3. The maximum Gasteiger partial charge on any atom is 0.472 e. The van der Waals surface area contributed by atoms with Gasteiger partial charge in [-0.25, -0.2) is 4.57 Å². The van der Waals surface area contributed by atoms with Crippen molar-refractivity contribution in [2.45, 2.75) is 135 Å². The van der Waals surface area contributed by atoms with Crippen LogP contribution < -0.4 is 0 Å². The average Bonchev–Trinajstić information content (AvgIpc) is 3.09. The number of allylic oxidation sites excluding steroid dienone is 11. The van der Waals surface area contributed by atoms with Crippen LogP contribution in [0.2, 0.25) is 0 Å². The summed E-state index contributed by atoms with van der Waals surface area (Å²) in [5, 5.41) is 18.3. The molecular weight excluding hydrogens is 643 g/mol. The van der Waals surface area contributed by atoms with Gasteiger partial charge in [-0.2, -0.15) is 0 Å². The van der Waals surface area contributed by atoms with E-state index >= 15 is 0 Å². The average molecular weight is 711 g/mol.